The maximum absolute atomic E-state index is 15.5. The van der Waals surface area contributed by atoms with E-state index in [0.29, 0.717) is 41.6 Å². The zero-order chi connectivity index (χ0) is 25.1. The van der Waals surface area contributed by atoms with Crippen molar-refractivity contribution < 1.29 is 23.8 Å². The fraction of sp³-hybridized carbons (Fsp3) is 0.393. The number of carbonyl (C=O) groups is 2. The normalized spacial score (nSPS) is 25.4. The van der Waals surface area contributed by atoms with E-state index in [4.69, 9.17) is 4.74 Å². The standard InChI is InChI=1S/C28H27FN2O5/c1-2-36-28(34)21-14-30(17-9-10-17)24-13-19(22(29)12-20(24)26(21)32)15-7-8-16(11-15)25-27(33)18-5-3-4-6-23(18)31(25)35/h3-6,12-17,25,31H,2,7-11H2,1H3. The number of aromatic nitrogens is 1. The fourth-order valence-electron chi connectivity index (χ4n) is 6.10. The summed E-state index contributed by atoms with van der Waals surface area (Å²) in [6.45, 7) is 1.82. The smallest absolute Gasteiger partial charge is 0.343 e. The van der Waals surface area contributed by atoms with Gasteiger partial charge in [0.05, 0.1) is 17.7 Å². The molecular weight excluding hydrogens is 463 g/mol. The van der Waals surface area contributed by atoms with E-state index in [1.807, 2.05) is 4.57 Å². The lowest BCUT2D eigenvalue weighted by Gasteiger charge is -2.27. The first-order chi connectivity index (χ1) is 17.4. The summed E-state index contributed by atoms with van der Waals surface area (Å²) in [5, 5.41) is 13.0. The van der Waals surface area contributed by atoms with Gasteiger partial charge in [-0.3, -0.25) is 9.59 Å². The van der Waals surface area contributed by atoms with Crippen molar-refractivity contribution in [2.45, 2.75) is 57.0 Å². The molecule has 7 nitrogen and oxygen atoms in total. The summed E-state index contributed by atoms with van der Waals surface area (Å²) in [6.07, 6.45) is 5.25. The zero-order valence-electron chi connectivity index (χ0n) is 20.0. The Bertz CT molecular complexity index is 1460. The highest BCUT2D eigenvalue weighted by Gasteiger charge is 2.46. The molecule has 2 fully saturated rings. The van der Waals surface area contributed by atoms with Crippen molar-refractivity contribution in [1.82, 2.24) is 4.57 Å². The molecule has 8 heteroatoms. The largest absolute Gasteiger partial charge is 0.628 e. The number of pyridine rings is 1. The first kappa shape index (κ1) is 23.1. The number of nitrogens with zero attached hydrogens (tertiary/aromatic N) is 1. The molecular formula is C28H27FN2O5. The molecule has 2 saturated carbocycles. The third-order valence-corrected chi connectivity index (χ3v) is 7.99. The van der Waals surface area contributed by atoms with Crippen LogP contribution in [0.25, 0.3) is 10.9 Å². The van der Waals surface area contributed by atoms with E-state index in [9.17, 15) is 19.6 Å². The van der Waals surface area contributed by atoms with Gasteiger partial charge in [-0.15, -0.1) is 0 Å². The molecule has 4 atom stereocenters. The highest BCUT2D eigenvalue weighted by molar-refractivity contribution is 6.05. The molecule has 2 heterocycles. The number of nitrogens with one attached hydrogen (secondary N) is 1. The van der Waals surface area contributed by atoms with Crippen molar-refractivity contribution in [3.8, 4) is 0 Å². The van der Waals surface area contributed by atoms with Gasteiger partial charge >= 0.3 is 5.97 Å². The second kappa shape index (κ2) is 8.64. The van der Waals surface area contributed by atoms with E-state index in [-0.39, 0.29) is 46.3 Å². The van der Waals surface area contributed by atoms with Gasteiger partial charge in [0.25, 0.3) is 0 Å². The number of fused-ring (bicyclic) bond motifs is 2. The Morgan fingerprint density at radius 2 is 1.94 bits per heavy atom. The lowest BCUT2D eigenvalue weighted by molar-refractivity contribution is -0.795. The Balaban J connectivity index is 1.35. The molecule has 0 spiro atoms. The van der Waals surface area contributed by atoms with Gasteiger partial charge in [0.2, 0.25) is 11.2 Å². The Hall–Kier alpha value is -3.36. The van der Waals surface area contributed by atoms with E-state index in [0.717, 1.165) is 12.8 Å². The number of benzene rings is 2. The minimum absolute atomic E-state index is 0.0813. The molecule has 0 bridgehead atoms. The van der Waals surface area contributed by atoms with Crippen LogP contribution in [0.5, 0.6) is 0 Å². The van der Waals surface area contributed by atoms with Crippen molar-refractivity contribution in [3.63, 3.8) is 0 Å². The fourth-order valence-corrected chi connectivity index (χ4v) is 6.10. The van der Waals surface area contributed by atoms with Crippen LogP contribution in [0.3, 0.4) is 0 Å². The first-order valence-electron chi connectivity index (χ1n) is 12.6. The highest BCUT2D eigenvalue weighted by Crippen LogP contribution is 2.44. The molecule has 4 unspecified atom stereocenters. The van der Waals surface area contributed by atoms with Crippen LogP contribution in [0.4, 0.5) is 10.1 Å². The van der Waals surface area contributed by atoms with Crippen LogP contribution in [0.1, 0.15) is 77.3 Å². The number of para-hydroxylation sites is 1. The monoisotopic (exact) mass is 490 g/mol. The summed E-state index contributed by atoms with van der Waals surface area (Å²) >= 11 is 0. The molecule has 1 N–H and O–H groups in total. The van der Waals surface area contributed by atoms with Crippen LogP contribution in [0.2, 0.25) is 0 Å². The highest BCUT2D eigenvalue weighted by atomic mass is 19.1. The molecule has 2 aromatic carbocycles. The van der Waals surface area contributed by atoms with E-state index < -0.39 is 23.3 Å². The molecule has 1 aromatic heterocycles. The zero-order valence-corrected chi connectivity index (χ0v) is 20.0. The minimum Gasteiger partial charge on any atom is -0.628 e. The number of carbonyl (C=O) groups excluding carboxylic acids is 2. The summed E-state index contributed by atoms with van der Waals surface area (Å²) < 4.78 is 22.4. The number of hydroxylamine groups is 1. The molecule has 0 saturated heterocycles. The van der Waals surface area contributed by atoms with Crippen LogP contribution < -0.4 is 10.5 Å². The Kier molecular flexibility index (Phi) is 5.53. The van der Waals surface area contributed by atoms with E-state index in [1.54, 1.807) is 43.5 Å². The van der Waals surface area contributed by atoms with Gasteiger partial charge in [-0.1, -0.05) is 12.1 Å². The molecule has 36 heavy (non-hydrogen) atoms. The lowest BCUT2D eigenvalue weighted by Crippen LogP contribution is -3.06. The topological polar surface area (TPSA) is 92.9 Å². The van der Waals surface area contributed by atoms with Crippen molar-refractivity contribution >= 4 is 28.3 Å². The van der Waals surface area contributed by atoms with Crippen LogP contribution in [-0.2, 0) is 4.74 Å². The van der Waals surface area contributed by atoms with Crippen molar-refractivity contribution in [1.29, 1.82) is 0 Å². The number of hydrogen-bond donors (Lipinski definition) is 1. The van der Waals surface area contributed by atoms with Gasteiger partial charge in [-0.2, -0.15) is 0 Å². The molecule has 6 rings (SSSR count). The summed E-state index contributed by atoms with van der Waals surface area (Å²) in [7, 11) is 0. The molecule has 0 radical (unpaired) electrons. The van der Waals surface area contributed by atoms with Gasteiger partial charge in [0.1, 0.15) is 17.1 Å². The van der Waals surface area contributed by atoms with Crippen LogP contribution in [0.15, 0.2) is 47.4 Å². The molecule has 3 aromatic rings. The third kappa shape index (κ3) is 3.59. The molecule has 0 amide bonds. The van der Waals surface area contributed by atoms with Crippen LogP contribution in [-0.4, -0.2) is 29.0 Å². The van der Waals surface area contributed by atoms with Gasteiger partial charge in [0, 0.05) is 29.6 Å². The van der Waals surface area contributed by atoms with Crippen LogP contribution >= 0.6 is 0 Å². The van der Waals surface area contributed by atoms with E-state index in [1.165, 1.54) is 6.07 Å². The predicted molar refractivity (Wildman–Crippen MR) is 131 cm³/mol. The SMILES string of the molecule is CCOC(=O)c1cn(C2CC2)c2cc(C3CCC(C4C(=O)c5ccccc5[NH+]4[O-])C3)c(F)cc2c1=O. The number of esters is 1. The van der Waals surface area contributed by atoms with E-state index >= 15 is 4.39 Å². The summed E-state index contributed by atoms with van der Waals surface area (Å²) in [6, 6.07) is 9.36. The average Bonchev–Trinajstić information content (AvgIpc) is 3.55. The maximum Gasteiger partial charge on any atom is 0.343 e. The molecule has 1 aliphatic heterocycles. The summed E-state index contributed by atoms with van der Waals surface area (Å²) in [5.74, 6) is -1.63. The predicted octanol–water partition coefficient (Wildman–Crippen LogP) is 3.82. The summed E-state index contributed by atoms with van der Waals surface area (Å²) in [4.78, 5) is 38.5. The number of halogens is 1. The Morgan fingerprint density at radius 3 is 2.67 bits per heavy atom. The minimum atomic E-state index is -0.701. The van der Waals surface area contributed by atoms with Crippen molar-refractivity contribution in [2.24, 2.45) is 5.92 Å². The van der Waals surface area contributed by atoms with Crippen molar-refractivity contribution in [3.05, 3.63) is 80.5 Å². The van der Waals surface area contributed by atoms with E-state index in [2.05, 4.69) is 0 Å². The number of hydrogen-bond acceptors (Lipinski definition) is 5. The Morgan fingerprint density at radius 1 is 1.17 bits per heavy atom. The third-order valence-electron chi connectivity index (χ3n) is 7.99. The van der Waals surface area contributed by atoms with Crippen molar-refractivity contribution in [2.75, 3.05) is 6.61 Å². The molecule has 3 aliphatic rings. The van der Waals surface area contributed by atoms with Gasteiger partial charge in [-0.25, -0.2) is 9.18 Å². The van der Waals surface area contributed by atoms with Gasteiger partial charge in [0.15, 0.2) is 6.04 Å². The maximum atomic E-state index is 15.5. The van der Waals surface area contributed by atoms with Gasteiger partial charge in [-0.05, 0) is 68.7 Å². The number of quaternary nitrogens is 1. The Labute approximate surface area is 207 Å². The quantitative estimate of drug-likeness (QED) is 0.434. The second-order valence-corrected chi connectivity index (χ2v) is 10.1. The number of ketones is 1. The molecule has 2 aliphatic carbocycles. The first-order valence-corrected chi connectivity index (χ1v) is 12.6. The lowest BCUT2D eigenvalue weighted by atomic mass is 9.90. The second-order valence-electron chi connectivity index (χ2n) is 10.1. The number of rotatable bonds is 5. The summed E-state index contributed by atoms with van der Waals surface area (Å²) in [5.41, 5.74) is 1.46. The number of Topliss-reactive ketones (excluding diaryl/α,β-unsaturated/α-hetero) is 1. The number of ether oxygens (including phenoxy) is 1. The average molecular weight is 491 g/mol. The van der Waals surface area contributed by atoms with Crippen LogP contribution in [0, 0.1) is 16.9 Å². The molecule has 186 valence electrons. The van der Waals surface area contributed by atoms with Gasteiger partial charge < -0.3 is 19.6 Å².